The van der Waals surface area contributed by atoms with Gasteiger partial charge in [0.05, 0.1) is 0 Å². The second kappa shape index (κ2) is 5.64. The first-order valence-corrected chi connectivity index (χ1v) is 6.02. The summed E-state index contributed by atoms with van der Waals surface area (Å²) >= 11 is 0. The zero-order chi connectivity index (χ0) is 10.3. The van der Waals surface area contributed by atoms with Crippen LogP contribution in [0.3, 0.4) is 0 Å². The molecular weight excluding hydrogens is 184 g/mol. The van der Waals surface area contributed by atoms with Crippen LogP contribution in [0.4, 0.5) is 0 Å². The summed E-state index contributed by atoms with van der Waals surface area (Å²) in [6, 6.07) is 0. The van der Waals surface area contributed by atoms with Crippen molar-refractivity contribution in [2.24, 2.45) is 0 Å². The monoisotopic (exact) mass is 204 g/mol. The third-order valence-electron chi connectivity index (χ3n) is 3.00. The second-order valence-corrected chi connectivity index (χ2v) is 4.20. The van der Waals surface area contributed by atoms with Crippen LogP contribution in [0, 0.1) is 0 Å². The Morgan fingerprint density at radius 3 is 2.40 bits per heavy atom. The largest absolute Gasteiger partial charge is 0.358 e. The Kier molecular flexibility index (Phi) is 3.89. The molecule has 2 rings (SSSR count). The number of allylic oxidation sites excluding steroid dienone is 4. The van der Waals surface area contributed by atoms with Crippen LogP contribution < -0.4 is 5.32 Å². The summed E-state index contributed by atoms with van der Waals surface area (Å²) < 4.78 is 0. The molecule has 2 aliphatic heterocycles. The molecule has 0 saturated carbocycles. The highest BCUT2D eigenvalue weighted by molar-refractivity contribution is 5.20. The lowest BCUT2D eigenvalue weighted by Gasteiger charge is -2.28. The van der Waals surface area contributed by atoms with Crippen LogP contribution in [0.1, 0.15) is 32.1 Å². The molecule has 1 N–H and O–H groups in total. The van der Waals surface area contributed by atoms with Gasteiger partial charge in [-0.05, 0) is 25.0 Å². The van der Waals surface area contributed by atoms with Gasteiger partial charge in [0.15, 0.2) is 0 Å². The first-order chi connectivity index (χ1) is 7.47. The Morgan fingerprint density at radius 1 is 0.867 bits per heavy atom. The predicted molar refractivity (Wildman–Crippen MR) is 64.2 cm³/mol. The Labute approximate surface area is 92.3 Å². The lowest BCUT2D eigenvalue weighted by molar-refractivity contribution is 0.293. The van der Waals surface area contributed by atoms with E-state index in [1.54, 1.807) is 0 Å². The molecule has 0 aromatic carbocycles. The SMILES string of the molecule is C1=CC=C(N2CCCCCCC2)NC=C1. The summed E-state index contributed by atoms with van der Waals surface area (Å²) in [6.07, 6.45) is 17.2. The van der Waals surface area contributed by atoms with Crippen LogP contribution in [0.5, 0.6) is 0 Å². The topological polar surface area (TPSA) is 15.3 Å². The number of hydrogen-bond donors (Lipinski definition) is 1. The molecule has 2 heteroatoms. The Balaban J connectivity index is 1.97. The molecular formula is C13H20N2. The fourth-order valence-corrected chi connectivity index (χ4v) is 2.13. The number of nitrogens with zero attached hydrogens (tertiary/aromatic N) is 1. The van der Waals surface area contributed by atoms with Crippen molar-refractivity contribution < 1.29 is 0 Å². The maximum Gasteiger partial charge on any atom is 0.105 e. The van der Waals surface area contributed by atoms with Gasteiger partial charge in [-0.15, -0.1) is 0 Å². The van der Waals surface area contributed by atoms with Crippen molar-refractivity contribution in [3.05, 3.63) is 36.3 Å². The van der Waals surface area contributed by atoms with E-state index in [-0.39, 0.29) is 0 Å². The van der Waals surface area contributed by atoms with Crippen molar-refractivity contribution in [1.82, 2.24) is 10.2 Å². The number of hydrogen-bond acceptors (Lipinski definition) is 2. The van der Waals surface area contributed by atoms with E-state index in [1.807, 2.05) is 12.3 Å². The molecule has 0 radical (unpaired) electrons. The van der Waals surface area contributed by atoms with Gasteiger partial charge in [0.25, 0.3) is 0 Å². The lowest BCUT2D eigenvalue weighted by atomic mass is 10.1. The van der Waals surface area contributed by atoms with Crippen molar-refractivity contribution in [2.75, 3.05) is 13.1 Å². The Bertz CT molecular complexity index is 268. The van der Waals surface area contributed by atoms with Crippen molar-refractivity contribution in [1.29, 1.82) is 0 Å². The van der Waals surface area contributed by atoms with E-state index >= 15 is 0 Å². The van der Waals surface area contributed by atoms with E-state index in [4.69, 9.17) is 0 Å². The summed E-state index contributed by atoms with van der Waals surface area (Å²) in [4.78, 5) is 2.47. The number of nitrogens with one attached hydrogen (secondary N) is 1. The molecule has 0 atom stereocenters. The van der Waals surface area contributed by atoms with Crippen LogP contribution >= 0.6 is 0 Å². The number of likely N-dealkylation sites (tertiary alicyclic amines) is 1. The standard InChI is InChI=1S/C13H20N2/c1-2-7-11-15(12-8-3-1)13-9-5-4-6-10-14-13/h4-6,9-10,14H,1-3,7-8,11-12H2. The highest BCUT2D eigenvalue weighted by atomic mass is 15.2. The molecule has 0 spiro atoms. The minimum absolute atomic E-state index is 1.19. The van der Waals surface area contributed by atoms with Crippen LogP contribution in [-0.2, 0) is 0 Å². The Morgan fingerprint density at radius 2 is 1.60 bits per heavy atom. The van der Waals surface area contributed by atoms with Gasteiger partial charge in [0.2, 0.25) is 0 Å². The molecule has 1 saturated heterocycles. The molecule has 0 aromatic rings. The molecule has 2 aliphatic rings. The zero-order valence-corrected chi connectivity index (χ0v) is 9.28. The van der Waals surface area contributed by atoms with Crippen molar-refractivity contribution in [3.8, 4) is 0 Å². The highest BCUT2D eigenvalue weighted by Crippen LogP contribution is 2.14. The van der Waals surface area contributed by atoms with E-state index in [2.05, 4.69) is 28.4 Å². The van der Waals surface area contributed by atoms with Crippen LogP contribution in [0.15, 0.2) is 36.3 Å². The summed E-state index contributed by atoms with van der Waals surface area (Å²) in [5.74, 6) is 1.25. The Hall–Kier alpha value is -1.18. The molecule has 0 aromatic heterocycles. The van der Waals surface area contributed by atoms with Gasteiger partial charge < -0.3 is 10.2 Å². The third kappa shape index (κ3) is 3.15. The molecule has 15 heavy (non-hydrogen) atoms. The maximum atomic E-state index is 3.34. The highest BCUT2D eigenvalue weighted by Gasteiger charge is 2.10. The minimum atomic E-state index is 1.19. The summed E-state index contributed by atoms with van der Waals surface area (Å²) in [6.45, 7) is 2.39. The second-order valence-electron chi connectivity index (χ2n) is 4.20. The van der Waals surface area contributed by atoms with Crippen LogP contribution in [0.25, 0.3) is 0 Å². The number of rotatable bonds is 1. The fraction of sp³-hybridized carbons (Fsp3) is 0.538. The third-order valence-corrected chi connectivity index (χ3v) is 3.00. The lowest BCUT2D eigenvalue weighted by Crippen LogP contribution is -2.32. The van der Waals surface area contributed by atoms with Crippen LogP contribution in [0.2, 0.25) is 0 Å². The zero-order valence-electron chi connectivity index (χ0n) is 9.28. The van der Waals surface area contributed by atoms with Gasteiger partial charge in [0.1, 0.15) is 5.82 Å². The molecule has 0 bridgehead atoms. The predicted octanol–water partition coefficient (Wildman–Crippen LogP) is 2.77. The van der Waals surface area contributed by atoms with Crippen molar-refractivity contribution in [2.45, 2.75) is 32.1 Å². The van der Waals surface area contributed by atoms with E-state index in [9.17, 15) is 0 Å². The average Bonchev–Trinajstić information content (AvgIpc) is 2.45. The molecule has 0 aliphatic carbocycles. The van der Waals surface area contributed by atoms with Gasteiger partial charge >= 0.3 is 0 Å². The molecule has 2 nitrogen and oxygen atoms in total. The van der Waals surface area contributed by atoms with Crippen LogP contribution in [-0.4, -0.2) is 18.0 Å². The van der Waals surface area contributed by atoms with Crippen molar-refractivity contribution in [3.63, 3.8) is 0 Å². The molecule has 0 unspecified atom stereocenters. The first-order valence-electron chi connectivity index (χ1n) is 6.02. The fourth-order valence-electron chi connectivity index (χ4n) is 2.13. The minimum Gasteiger partial charge on any atom is -0.358 e. The van der Waals surface area contributed by atoms with Gasteiger partial charge in [0, 0.05) is 19.3 Å². The summed E-state index contributed by atoms with van der Waals surface area (Å²) in [5.41, 5.74) is 0. The van der Waals surface area contributed by atoms with E-state index < -0.39 is 0 Å². The average molecular weight is 204 g/mol. The smallest absolute Gasteiger partial charge is 0.105 e. The molecule has 82 valence electrons. The quantitative estimate of drug-likeness (QED) is 0.706. The first kappa shape index (κ1) is 10.3. The van der Waals surface area contributed by atoms with E-state index in [0.717, 1.165) is 0 Å². The summed E-state index contributed by atoms with van der Waals surface area (Å²) in [7, 11) is 0. The van der Waals surface area contributed by atoms with E-state index in [0.29, 0.717) is 0 Å². The van der Waals surface area contributed by atoms with E-state index in [1.165, 1.54) is 51.0 Å². The van der Waals surface area contributed by atoms with Gasteiger partial charge in [-0.2, -0.15) is 0 Å². The van der Waals surface area contributed by atoms with Crippen molar-refractivity contribution >= 4 is 0 Å². The molecule has 2 heterocycles. The van der Waals surface area contributed by atoms with Gasteiger partial charge in [-0.3, -0.25) is 0 Å². The summed E-state index contributed by atoms with van der Waals surface area (Å²) in [5, 5.41) is 3.34. The van der Waals surface area contributed by atoms with Gasteiger partial charge in [-0.1, -0.05) is 31.4 Å². The molecule has 0 amide bonds. The molecule has 1 fully saturated rings. The maximum absolute atomic E-state index is 3.34. The van der Waals surface area contributed by atoms with Gasteiger partial charge in [-0.25, -0.2) is 0 Å². The normalized spacial score (nSPS) is 22.4.